The van der Waals surface area contributed by atoms with Crippen LogP contribution < -0.4 is 26.6 Å². The first kappa shape index (κ1) is 23.6. The van der Waals surface area contributed by atoms with E-state index in [1.807, 2.05) is 33.7 Å². The Bertz CT molecular complexity index is 1110. The number of rotatable bonds is 13. The largest absolute Gasteiger partial charge is 0.494 e. The highest BCUT2D eigenvalue weighted by Crippen LogP contribution is 2.13. The Morgan fingerprint density at radius 3 is 1.67 bits per heavy atom. The van der Waals surface area contributed by atoms with Crippen LogP contribution in [0.5, 0.6) is 11.5 Å². The molecular weight excluding hydrogens is 418 g/mol. The number of ether oxygens (including phenoxy) is 2. The average Bonchev–Trinajstić information content (AvgIpc) is 3.16. The summed E-state index contributed by atoms with van der Waals surface area (Å²) in [6.07, 6.45) is 6.73. The molecule has 3 rings (SSSR count). The van der Waals surface area contributed by atoms with Gasteiger partial charge < -0.3 is 30.1 Å². The molecule has 0 unspecified atom stereocenters. The van der Waals surface area contributed by atoms with Crippen LogP contribution >= 0.6 is 0 Å². The van der Waals surface area contributed by atoms with Gasteiger partial charge in [0.2, 0.25) is 5.62 Å². The number of nitrogens with one attached hydrogen (secondary N) is 3. The number of hydrogen-bond acceptors (Lipinski definition) is 5. The van der Waals surface area contributed by atoms with Gasteiger partial charge in [-0.05, 0) is 67.8 Å². The number of aryl methyl sites for hydroxylation is 1. The summed E-state index contributed by atoms with van der Waals surface area (Å²) < 4.78 is 15.3. The van der Waals surface area contributed by atoms with E-state index in [9.17, 15) is 0 Å². The van der Waals surface area contributed by atoms with E-state index < -0.39 is 0 Å². The van der Waals surface area contributed by atoms with Gasteiger partial charge >= 0.3 is 0 Å². The molecule has 0 spiro atoms. The second kappa shape index (κ2) is 11.6. The fourth-order valence-corrected chi connectivity index (χ4v) is 3.30. The first-order valence-corrected chi connectivity index (χ1v) is 10.9. The highest BCUT2D eigenvalue weighted by molar-refractivity contribution is 5.95. The number of nitrogen functional groups attached to an aromatic ring is 2. The van der Waals surface area contributed by atoms with Crippen molar-refractivity contribution in [3.8, 4) is 11.5 Å². The summed E-state index contributed by atoms with van der Waals surface area (Å²) in [5, 5.41) is 23.2. The maximum Gasteiger partial charge on any atom is 0.202 e. The Morgan fingerprint density at radius 2 is 1.15 bits per heavy atom. The van der Waals surface area contributed by atoms with Crippen molar-refractivity contribution in [3.05, 3.63) is 77.7 Å². The average molecular weight is 450 g/mol. The fourth-order valence-electron chi connectivity index (χ4n) is 3.30. The Morgan fingerprint density at radius 1 is 0.667 bits per heavy atom. The lowest BCUT2D eigenvalue weighted by atomic mass is 10.2. The van der Waals surface area contributed by atoms with Crippen LogP contribution in [0.15, 0.2) is 60.9 Å². The zero-order valence-electron chi connectivity index (χ0n) is 18.6. The third-order valence-electron chi connectivity index (χ3n) is 5.21. The van der Waals surface area contributed by atoms with Gasteiger partial charge in [-0.25, -0.2) is 0 Å². The quantitative estimate of drug-likeness (QED) is 0.155. The molecule has 2 aromatic carbocycles. The number of nitrogens with two attached hydrogens (primary N) is 2. The van der Waals surface area contributed by atoms with Gasteiger partial charge in [0.1, 0.15) is 29.8 Å². The highest BCUT2D eigenvalue weighted by atomic mass is 16.5. The number of imidazole rings is 1. The maximum absolute atomic E-state index is 8.35. The number of benzene rings is 2. The molecule has 0 aliphatic carbocycles. The van der Waals surface area contributed by atoms with E-state index in [1.165, 1.54) is 0 Å². The zero-order valence-corrected chi connectivity index (χ0v) is 18.6. The first-order valence-electron chi connectivity index (χ1n) is 10.9. The molecule has 0 atom stereocenters. The van der Waals surface area contributed by atoms with Crippen molar-refractivity contribution < 1.29 is 9.47 Å². The zero-order chi connectivity index (χ0) is 23.6. The summed E-state index contributed by atoms with van der Waals surface area (Å²) >= 11 is 0. The lowest BCUT2D eigenvalue weighted by Gasteiger charge is -2.08. The minimum Gasteiger partial charge on any atom is -0.494 e. The third-order valence-corrected chi connectivity index (χ3v) is 5.21. The van der Waals surface area contributed by atoms with Crippen molar-refractivity contribution in [2.75, 3.05) is 13.2 Å². The molecule has 3 aromatic rings. The number of unbranched alkanes of at least 4 members (excludes halogenated alkanes) is 2. The Balaban J connectivity index is 1.33. The summed E-state index contributed by atoms with van der Waals surface area (Å²) in [6, 6.07) is 14.3. The first-order chi connectivity index (χ1) is 15.9. The molecule has 0 amide bonds. The van der Waals surface area contributed by atoms with Gasteiger partial charge in [-0.2, -0.15) is 0 Å². The summed E-state index contributed by atoms with van der Waals surface area (Å²) in [5.41, 5.74) is 12.7. The molecule has 0 fully saturated rings. The maximum atomic E-state index is 8.35. The predicted molar refractivity (Wildman–Crippen MR) is 128 cm³/mol. The van der Waals surface area contributed by atoms with E-state index in [-0.39, 0.29) is 11.7 Å². The monoisotopic (exact) mass is 449 g/mol. The summed E-state index contributed by atoms with van der Waals surface area (Å²) in [7, 11) is 0. The molecule has 1 heterocycles. The van der Waals surface area contributed by atoms with Crippen LogP contribution in [0.2, 0.25) is 0 Å². The predicted octanol–water partition coefficient (Wildman–Crippen LogP) is 2.67. The van der Waals surface area contributed by atoms with Crippen molar-refractivity contribution >= 4 is 11.7 Å². The van der Waals surface area contributed by atoms with E-state index in [2.05, 4.69) is 0 Å². The van der Waals surface area contributed by atoms with E-state index in [4.69, 9.17) is 37.2 Å². The van der Waals surface area contributed by atoms with Gasteiger partial charge in [0.05, 0.1) is 13.2 Å². The molecule has 0 aliphatic heterocycles. The van der Waals surface area contributed by atoms with Gasteiger partial charge in [-0.3, -0.25) is 16.2 Å². The lowest BCUT2D eigenvalue weighted by molar-refractivity contribution is 0.294. The Labute approximate surface area is 193 Å². The van der Waals surface area contributed by atoms with Crippen LogP contribution in [0.4, 0.5) is 0 Å². The van der Waals surface area contributed by atoms with Crippen molar-refractivity contribution in [3.63, 3.8) is 0 Å². The second-order valence-electron chi connectivity index (χ2n) is 7.64. The van der Waals surface area contributed by atoms with E-state index in [1.54, 1.807) is 36.4 Å². The summed E-state index contributed by atoms with van der Waals surface area (Å²) in [5.74, 6) is 1.57. The van der Waals surface area contributed by atoms with Crippen LogP contribution in [0.3, 0.4) is 0 Å². The molecule has 174 valence electrons. The molecule has 0 saturated heterocycles. The molecule has 9 nitrogen and oxygen atoms in total. The summed E-state index contributed by atoms with van der Waals surface area (Å²) in [4.78, 5) is 0. The molecule has 33 heavy (non-hydrogen) atoms. The minimum absolute atomic E-state index is 0.0326. The normalized spacial score (nSPS) is 10.7. The molecule has 0 saturated carbocycles. The van der Waals surface area contributed by atoms with Crippen molar-refractivity contribution in [1.82, 2.24) is 9.13 Å². The molecule has 0 aliphatic rings. The standard InChI is InChI=1S/C24H31N7O2/c25-22(26)18-4-8-20(9-5-18)32-16-3-1-2-12-30-13-14-31(24(30)29)15-17-33-21-10-6-19(7-11-21)23(27)28/h4-11,13-14,29H,1-3,12,15-17H2,(H3,25,26)(H3,27,28). The fraction of sp³-hybridized carbons (Fsp3) is 0.292. The Hall–Kier alpha value is -4.01. The molecular formula is C24H31N7O2. The molecule has 9 heteroatoms. The van der Waals surface area contributed by atoms with Crippen LogP contribution in [-0.4, -0.2) is 34.0 Å². The lowest BCUT2D eigenvalue weighted by Crippen LogP contribution is -2.26. The minimum atomic E-state index is 0.0326. The van der Waals surface area contributed by atoms with Gasteiger partial charge in [-0.15, -0.1) is 0 Å². The highest BCUT2D eigenvalue weighted by Gasteiger charge is 2.03. The van der Waals surface area contributed by atoms with Gasteiger partial charge in [0.15, 0.2) is 0 Å². The number of nitrogens with zero attached hydrogens (tertiary/aromatic N) is 2. The van der Waals surface area contributed by atoms with E-state index in [0.29, 0.717) is 42.3 Å². The molecule has 0 bridgehead atoms. The second-order valence-corrected chi connectivity index (χ2v) is 7.64. The SMILES string of the molecule is N=C(N)c1ccc(OCCCCCn2ccn(CCOc3ccc(C(=N)N)cc3)c2=N)cc1. The van der Waals surface area contributed by atoms with Crippen LogP contribution in [0.1, 0.15) is 30.4 Å². The van der Waals surface area contributed by atoms with Crippen molar-refractivity contribution in [2.24, 2.45) is 11.5 Å². The van der Waals surface area contributed by atoms with E-state index in [0.717, 1.165) is 31.6 Å². The molecule has 1 aromatic heterocycles. The van der Waals surface area contributed by atoms with E-state index >= 15 is 0 Å². The van der Waals surface area contributed by atoms with Crippen molar-refractivity contribution in [1.29, 1.82) is 16.2 Å². The smallest absolute Gasteiger partial charge is 0.202 e. The van der Waals surface area contributed by atoms with Crippen LogP contribution in [0, 0.1) is 16.2 Å². The third kappa shape index (κ3) is 6.99. The molecule has 7 N–H and O–H groups in total. The summed E-state index contributed by atoms with van der Waals surface area (Å²) in [6.45, 7) is 2.44. The number of hydrogen-bond donors (Lipinski definition) is 5. The van der Waals surface area contributed by atoms with Crippen molar-refractivity contribution in [2.45, 2.75) is 32.4 Å². The van der Waals surface area contributed by atoms with Crippen LogP contribution in [0.25, 0.3) is 0 Å². The number of amidine groups is 2. The van der Waals surface area contributed by atoms with Gasteiger partial charge in [-0.1, -0.05) is 0 Å². The van der Waals surface area contributed by atoms with Crippen LogP contribution in [-0.2, 0) is 13.1 Å². The van der Waals surface area contributed by atoms with Gasteiger partial charge in [0.25, 0.3) is 0 Å². The molecule has 0 radical (unpaired) electrons. The number of aromatic nitrogens is 2. The van der Waals surface area contributed by atoms with Gasteiger partial charge in [0, 0.05) is 30.1 Å². The topological polar surface area (TPSA) is 152 Å². The Kier molecular flexibility index (Phi) is 8.29.